The molecule has 0 radical (unpaired) electrons. The van der Waals surface area contributed by atoms with E-state index in [1.54, 1.807) is 0 Å². The molecule has 0 aliphatic carbocycles. The van der Waals surface area contributed by atoms with Crippen LogP contribution in [0.2, 0.25) is 0 Å². The molecule has 0 fully saturated rings. The minimum absolute atomic E-state index is 0.183. The van der Waals surface area contributed by atoms with Crippen LogP contribution in [0.25, 0.3) is 0 Å². The summed E-state index contributed by atoms with van der Waals surface area (Å²) in [6.45, 7) is 1.43. The largest absolute Gasteiger partial charge is 0.480 e. The van der Waals surface area contributed by atoms with E-state index >= 15 is 0 Å². The third kappa shape index (κ3) is 2.39. The van der Waals surface area contributed by atoms with E-state index in [2.05, 4.69) is 5.32 Å². The summed E-state index contributed by atoms with van der Waals surface area (Å²) in [7, 11) is 1.44. The van der Waals surface area contributed by atoms with Crippen LogP contribution in [0.4, 0.5) is 0 Å². The third-order valence-corrected chi connectivity index (χ3v) is 2.60. The van der Waals surface area contributed by atoms with Crippen LogP contribution in [0.3, 0.4) is 0 Å². The van der Waals surface area contributed by atoms with Crippen LogP contribution in [0.5, 0.6) is 0 Å². The van der Waals surface area contributed by atoms with Gasteiger partial charge in [0.15, 0.2) is 0 Å². The first-order valence-electron chi connectivity index (χ1n) is 5.00. The highest BCUT2D eigenvalue weighted by Crippen LogP contribution is 2.23. The second kappa shape index (κ2) is 4.79. The van der Waals surface area contributed by atoms with Crippen molar-refractivity contribution in [2.24, 2.45) is 5.41 Å². The van der Waals surface area contributed by atoms with Gasteiger partial charge in [-0.1, -0.05) is 30.3 Å². The molecule has 0 spiro atoms. The molecule has 0 heterocycles. The lowest BCUT2D eigenvalue weighted by Crippen LogP contribution is -2.44. The van der Waals surface area contributed by atoms with Gasteiger partial charge in [0, 0.05) is 7.05 Å². The maximum absolute atomic E-state index is 11.6. The number of carbonyl (C=O) groups excluding carboxylic acids is 1. The minimum atomic E-state index is -1.42. The smallest absolute Gasteiger partial charge is 0.319 e. The van der Waals surface area contributed by atoms with Gasteiger partial charge in [0.05, 0.1) is 0 Å². The predicted octanol–water partition coefficient (Wildman–Crippen LogP) is 1.07. The summed E-state index contributed by atoms with van der Waals surface area (Å²) in [4.78, 5) is 22.8. The van der Waals surface area contributed by atoms with Gasteiger partial charge in [-0.05, 0) is 18.9 Å². The molecule has 1 aromatic carbocycles. The molecule has 4 nitrogen and oxygen atoms in total. The minimum Gasteiger partial charge on any atom is -0.480 e. The quantitative estimate of drug-likeness (QED) is 0.747. The average Bonchev–Trinajstić information content (AvgIpc) is 2.28. The van der Waals surface area contributed by atoms with E-state index in [4.69, 9.17) is 5.11 Å². The maximum Gasteiger partial charge on any atom is 0.319 e. The fraction of sp³-hybridized carbons (Fsp3) is 0.333. The Balaban J connectivity index is 2.97. The first-order chi connectivity index (χ1) is 7.50. The van der Waals surface area contributed by atoms with Crippen LogP contribution in [-0.4, -0.2) is 24.0 Å². The number of nitrogens with one attached hydrogen (secondary N) is 1. The molecule has 1 rings (SSSR count). The summed E-state index contributed by atoms with van der Waals surface area (Å²) in [5.41, 5.74) is -0.591. The molecule has 0 aromatic heterocycles. The fourth-order valence-corrected chi connectivity index (χ4v) is 1.53. The Morgan fingerprint density at radius 3 is 2.31 bits per heavy atom. The molecule has 1 unspecified atom stereocenters. The van der Waals surface area contributed by atoms with Gasteiger partial charge in [0.2, 0.25) is 5.91 Å². The molecule has 1 amide bonds. The molecule has 0 bridgehead atoms. The second-order valence-electron chi connectivity index (χ2n) is 3.88. The molecule has 0 saturated carbocycles. The van der Waals surface area contributed by atoms with Crippen molar-refractivity contribution in [3.8, 4) is 0 Å². The zero-order valence-corrected chi connectivity index (χ0v) is 9.36. The van der Waals surface area contributed by atoms with Crippen LogP contribution in [0.1, 0.15) is 12.5 Å². The molecule has 0 aliphatic rings. The van der Waals surface area contributed by atoms with Crippen LogP contribution in [0, 0.1) is 5.41 Å². The SMILES string of the molecule is CNC(=O)C(C)(Cc1ccccc1)C(=O)O. The number of carboxylic acids is 1. The van der Waals surface area contributed by atoms with Crippen molar-refractivity contribution >= 4 is 11.9 Å². The van der Waals surface area contributed by atoms with Crippen molar-refractivity contribution in [3.63, 3.8) is 0 Å². The summed E-state index contributed by atoms with van der Waals surface area (Å²) < 4.78 is 0. The fourth-order valence-electron chi connectivity index (χ4n) is 1.53. The van der Waals surface area contributed by atoms with Crippen LogP contribution in [-0.2, 0) is 16.0 Å². The van der Waals surface area contributed by atoms with E-state index in [1.165, 1.54) is 14.0 Å². The zero-order valence-electron chi connectivity index (χ0n) is 9.36. The lowest BCUT2D eigenvalue weighted by Gasteiger charge is -2.22. The second-order valence-corrected chi connectivity index (χ2v) is 3.88. The number of hydrogen-bond acceptors (Lipinski definition) is 2. The Bertz CT molecular complexity index is 389. The first kappa shape index (κ1) is 12.2. The molecular formula is C12H15NO3. The van der Waals surface area contributed by atoms with Gasteiger partial charge in [0.25, 0.3) is 0 Å². The Kier molecular flexibility index (Phi) is 3.66. The Labute approximate surface area is 94.3 Å². The zero-order chi connectivity index (χ0) is 12.2. The Hall–Kier alpha value is -1.84. The first-order valence-corrected chi connectivity index (χ1v) is 5.00. The molecule has 2 N–H and O–H groups in total. The molecular weight excluding hydrogens is 206 g/mol. The topological polar surface area (TPSA) is 66.4 Å². The van der Waals surface area contributed by atoms with Crippen LogP contribution < -0.4 is 5.32 Å². The number of carbonyl (C=O) groups is 2. The van der Waals surface area contributed by atoms with Gasteiger partial charge in [-0.3, -0.25) is 9.59 Å². The maximum atomic E-state index is 11.6. The van der Waals surface area contributed by atoms with Gasteiger partial charge in [-0.2, -0.15) is 0 Å². The van der Waals surface area contributed by atoms with Crippen molar-refractivity contribution in [1.82, 2.24) is 5.32 Å². The average molecular weight is 221 g/mol. The van der Waals surface area contributed by atoms with E-state index in [0.717, 1.165) is 5.56 Å². The van der Waals surface area contributed by atoms with Gasteiger partial charge in [0.1, 0.15) is 5.41 Å². The summed E-state index contributed by atoms with van der Waals surface area (Å²) in [6, 6.07) is 9.11. The number of hydrogen-bond donors (Lipinski definition) is 2. The number of rotatable bonds is 4. The molecule has 4 heteroatoms. The molecule has 1 aromatic rings. The van der Waals surface area contributed by atoms with Crippen molar-refractivity contribution < 1.29 is 14.7 Å². The lowest BCUT2D eigenvalue weighted by molar-refractivity contribution is -0.154. The molecule has 86 valence electrons. The van der Waals surface area contributed by atoms with Gasteiger partial charge >= 0.3 is 5.97 Å². The van der Waals surface area contributed by atoms with Crippen LogP contribution in [0.15, 0.2) is 30.3 Å². The van der Waals surface area contributed by atoms with E-state index in [1.807, 2.05) is 30.3 Å². The summed E-state index contributed by atoms with van der Waals surface area (Å²) in [5.74, 6) is -1.60. The van der Waals surface area contributed by atoms with Gasteiger partial charge < -0.3 is 10.4 Å². The summed E-state index contributed by atoms with van der Waals surface area (Å²) in [6.07, 6.45) is 0.183. The van der Waals surface area contributed by atoms with Crippen molar-refractivity contribution in [3.05, 3.63) is 35.9 Å². The highest BCUT2D eigenvalue weighted by molar-refractivity contribution is 6.01. The van der Waals surface area contributed by atoms with E-state index in [-0.39, 0.29) is 6.42 Å². The normalized spacial score (nSPS) is 13.9. The molecule has 1 atom stereocenters. The van der Waals surface area contributed by atoms with E-state index < -0.39 is 17.3 Å². The Morgan fingerprint density at radius 1 is 1.31 bits per heavy atom. The highest BCUT2D eigenvalue weighted by Gasteiger charge is 2.40. The number of aliphatic carboxylic acids is 1. The van der Waals surface area contributed by atoms with E-state index in [0.29, 0.717) is 0 Å². The predicted molar refractivity (Wildman–Crippen MR) is 60.0 cm³/mol. The molecule has 16 heavy (non-hydrogen) atoms. The van der Waals surface area contributed by atoms with Crippen molar-refractivity contribution in [2.75, 3.05) is 7.05 Å². The lowest BCUT2D eigenvalue weighted by atomic mass is 9.83. The Morgan fingerprint density at radius 2 is 1.88 bits per heavy atom. The van der Waals surface area contributed by atoms with Gasteiger partial charge in [-0.25, -0.2) is 0 Å². The summed E-state index contributed by atoms with van der Waals surface area (Å²) >= 11 is 0. The summed E-state index contributed by atoms with van der Waals surface area (Å²) in [5, 5.41) is 11.5. The molecule has 0 aliphatic heterocycles. The third-order valence-electron chi connectivity index (χ3n) is 2.60. The van der Waals surface area contributed by atoms with Crippen LogP contribution >= 0.6 is 0 Å². The monoisotopic (exact) mass is 221 g/mol. The van der Waals surface area contributed by atoms with Crippen molar-refractivity contribution in [1.29, 1.82) is 0 Å². The number of amides is 1. The number of carboxylic acid groups (broad SMARTS) is 1. The van der Waals surface area contributed by atoms with Gasteiger partial charge in [-0.15, -0.1) is 0 Å². The molecule has 0 saturated heterocycles. The van der Waals surface area contributed by atoms with E-state index in [9.17, 15) is 9.59 Å². The van der Waals surface area contributed by atoms with Crippen molar-refractivity contribution in [2.45, 2.75) is 13.3 Å². The number of benzene rings is 1. The highest BCUT2D eigenvalue weighted by atomic mass is 16.4. The standard InChI is InChI=1S/C12H15NO3/c1-12(11(15)16,10(14)13-2)8-9-6-4-3-5-7-9/h3-7H,8H2,1-2H3,(H,13,14)(H,15,16).